The van der Waals surface area contributed by atoms with E-state index in [-0.39, 0.29) is 35.0 Å². The molecule has 0 aliphatic rings. The molecule has 0 fully saturated rings. The normalized spacial score (nSPS) is 12.8. The van der Waals surface area contributed by atoms with Crippen LogP contribution in [-0.4, -0.2) is 56.9 Å². The van der Waals surface area contributed by atoms with Gasteiger partial charge in [-0.2, -0.15) is 15.5 Å². The minimum absolute atomic E-state index is 0.0209. The zero-order valence-electron chi connectivity index (χ0n) is 23.3. The Hall–Kier alpha value is -3.04. The lowest BCUT2D eigenvalue weighted by Crippen LogP contribution is -2.36. The van der Waals surface area contributed by atoms with Gasteiger partial charge in [-0.05, 0) is 51.1 Å². The summed E-state index contributed by atoms with van der Waals surface area (Å²) in [4.78, 5) is 13.0. The van der Waals surface area contributed by atoms with E-state index in [0.29, 0.717) is 36.5 Å². The molecule has 0 saturated carbocycles. The summed E-state index contributed by atoms with van der Waals surface area (Å²) in [6.07, 6.45) is 2.03. The first-order valence-electron chi connectivity index (χ1n) is 12.8. The van der Waals surface area contributed by atoms with Crippen LogP contribution >= 0.6 is 11.6 Å². The van der Waals surface area contributed by atoms with Crippen molar-refractivity contribution in [1.82, 2.24) is 24.9 Å². The highest BCUT2D eigenvalue weighted by molar-refractivity contribution is 6.76. The number of hydrogen-bond acceptors (Lipinski definition) is 6. The molecule has 0 saturated heterocycles. The number of nitrogens with zero attached hydrogens (tertiary/aromatic N) is 5. The van der Waals surface area contributed by atoms with E-state index in [1.807, 2.05) is 6.92 Å². The van der Waals surface area contributed by atoms with Crippen molar-refractivity contribution in [3.63, 3.8) is 0 Å². The summed E-state index contributed by atoms with van der Waals surface area (Å²) in [5.74, 6) is -1.06. The summed E-state index contributed by atoms with van der Waals surface area (Å²) in [6.45, 7) is 13.3. The third kappa shape index (κ3) is 9.00. The van der Waals surface area contributed by atoms with Crippen molar-refractivity contribution >= 4 is 25.6 Å². The predicted octanol–water partition coefficient (Wildman–Crippen LogP) is 4.85. The molecule has 1 atom stereocenters. The third-order valence-electron chi connectivity index (χ3n) is 5.85. The molecule has 0 bridgehead atoms. The summed E-state index contributed by atoms with van der Waals surface area (Å²) in [7, 11) is -1.24. The van der Waals surface area contributed by atoms with E-state index < -0.39 is 19.5 Å². The van der Waals surface area contributed by atoms with E-state index in [1.165, 1.54) is 12.1 Å². The molecule has 3 rings (SSSR count). The summed E-state index contributed by atoms with van der Waals surface area (Å²) in [5, 5.41) is 31.2. The molecule has 1 aromatic carbocycles. The van der Waals surface area contributed by atoms with Gasteiger partial charge in [0, 0.05) is 44.6 Å². The Morgan fingerprint density at radius 3 is 2.64 bits per heavy atom. The number of halogens is 2. The molecule has 0 radical (unpaired) electrons. The minimum Gasteiger partial charge on any atom is -0.390 e. The van der Waals surface area contributed by atoms with Crippen LogP contribution in [0.4, 0.5) is 4.39 Å². The number of aliphatic hydroxyl groups is 1. The number of carbonyl (C=O) groups is 1. The number of hydrogen-bond donors (Lipinski definition) is 2. The molecule has 0 aliphatic heterocycles. The monoisotopic (exact) mass is 574 g/mol. The maximum Gasteiger partial charge on any atom is 0.272 e. The third-order valence-corrected chi connectivity index (χ3v) is 7.85. The lowest BCUT2D eigenvalue weighted by atomic mass is 10.0. The lowest BCUT2D eigenvalue weighted by Gasteiger charge is -2.18. The number of nitrogens with one attached hydrogen (secondary N) is 1. The van der Waals surface area contributed by atoms with Crippen molar-refractivity contribution in [3.05, 3.63) is 58.3 Å². The first-order chi connectivity index (χ1) is 18.1. The summed E-state index contributed by atoms with van der Waals surface area (Å²) in [6, 6.07) is 8.56. The number of ether oxygens (including phenoxy) is 1. The second-order valence-corrected chi connectivity index (χ2v) is 17.6. The Morgan fingerprint density at radius 1 is 1.31 bits per heavy atom. The second kappa shape index (κ2) is 12.4. The van der Waals surface area contributed by atoms with Crippen molar-refractivity contribution in [2.24, 2.45) is 0 Å². The fourth-order valence-corrected chi connectivity index (χ4v) is 4.87. The van der Waals surface area contributed by atoms with Gasteiger partial charge in [-0.15, -0.1) is 0 Å². The molecule has 2 N–H and O–H groups in total. The Balaban J connectivity index is 1.66. The van der Waals surface area contributed by atoms with Gasteiger partial charge in [0.2, 0.25) is 0 Å². The largest absolute Gasteiger partial charge is 0.390 e. The highest BCUT2D eigenvalue weighted by atomic mass is 35.5. The van der Waals surface area contributed by atoms with E-state index in [1.54, 1.807) is 47.6 Å². The molecule has 2 heterocycles. The van der Waals surface area contributed by atoms with Crippen molar-refractivity contribution in [3.8, 4) is 17.3 Å². The maximum atomic E-state index is 14.2. The quantitative estimate of drug-likeness (QED) is 0.236. The topological polar surface area (TPSA) is 118 Å². The molecule has 0 unspecified atom stereocenters. The molecular formula is C27H36ClFN6O3Si. The zero-order chi connectivity index (χ0) is 29.0. The predicted molar refractivity (Wildman–Crippen MR) is 151 cm³/mol. The van der Waals surface area contributed by atoms with E-state index in [9.17, 15) is 14.3 Å². The number of carbonyl (C=O) groups excluding carboxylic acids is 1. The van der Waals surface area contributed by atoms with Gasteiger partial charge < -0.3 is 15.2 Å². The molecule has 1 amide bonds. The Labute approximate surface area is 234 Å². The fourth-order valence-electron chi connectivity index (χ4n) is 3.86. The average molecular weight is 575 g/mol. The van der Waals surface area contributed by atoms with Crippen LogP contribution in [0, 0.1) is 17.1 Å². The minimum atomic E-state index is -1.24. The Morgan fingerprint density at radius 2 is 2.03 bits per heavy atom. The van der Waals surface area contributed by atoms with Crippen molar-refractivity contribution in [2.45, 2.75) is 77.8 Å². The maximum absolute atomic E-state index is 14.2. The van der Waals surface area contributed by atoms with Crippen LogP contribution in [0.5, 0.6) is 0 Å². The molecule has 39 heavy (non-hydrogen) atoms. The molecule has 9 nitrogen and oxygen atoms in total. The summed E-state index contributed by atoms with van der Waals surface area (Å²) < 4.78 is 23.3. The van der Waals surface area contributed by atoms with E-state index in [2.05, 4.69) is 35.2 Å². The number of benzene rings is 1. The first-order valence-corrected chi connectivity index (χ1v) is 16.8. The SMILES string of the molecule is C[C@@H](Cn1ccc(-c2cc(F)c(C#N)c(Cl)c2)n1)NC(=O)c1cc(CC(C)(C)O)n(COCC[Si](C)(C)C)n1. The fraction of sp³-hybridized carbons (Fsp3) is 0.481. The Kier molecular flexibility index (Phi) is 9.72. The van der Waals surface area contributed by atoms with Gasteiger partial charge >= 0.3 is 0 Å². The van der Waals surface area contributed by atoms with Gasteiger partial charge in [0.1, 0.15) is 24.2 Å². The van der Waals surface area contributed by atoms with E-state index >= 15 is 0 Å². The molecule has 2 aromatic heterocycles. The van der Waals surface area contributed by atoms with Gasteiger partial charge in [-0.3, -0.25) is 9.48 Å². The lowest BCUT2D eigenvalue weighted by molar-refractivity contribution is 0.0610. The van der Waals surface area contributed by atoms with Crippen molar-refractivity contribution < 1.29 is 19.0 Å². The molecule has 210 valence electrons. The van der Waals surface area contributed by atoms with Crippen molar-refractivity contribution in [2.75, 3.05) is 6.61 Å². The van der Waals surface area contributed by atoms with Gasteiger partial charge in [0.25, 0.3) is 5.91 Å². The number of rotatable bonds is 12. The smallest absolute Gasteiger partial charge is 0.272 e. The van der Waals surface area contributed by atoms with Crippen LogP contribution in [0.15, 0.2) is 30.5 Å². The van der Waals surface area contributed by atoms with Gasteiger partial charge in [-0.25, -0.2) is 9.07 Å². The van der Waals surface area contributed by atoms with Crippen LogP contribution in [0.2, 0.25) is 30.7 Å². The Bertz CT molecular complexity index is 1330. The van der Waals surface area contributed by atoms with Crippen LogP contribution in [-0.2, 0) is 24.4 Å². The molecule has 0 spiro atoms. The highest BCUT2D eigenvalue weighted by Gasteiger charge is 2.22. The standard InChI is InChI=1S/C27H36ClFN6O3Si/c1-18(16-34-8-7-24(32-34)19-11-22(28)21(15-30)23(29)12-19)31-26(36)25-13-20(14-27(2,3)37)35(33-25)17-38-9-10-39(4,5)6/h7-8,11-13,18,37H,9-10,14,16-17H2,1-6H3,(H,31,36)/t18-/m0/s1. The van der Waals surface area contributed by atoms with Crippen LogP contribution < -0.4 is 5.32 Å². The van der Waals surface area contributed by atoms with Gasteiger partial charge in [-0.1, -0.05) is 31.2 Å². The molecule has 12 heteroatoms. The number of aromatic nitrogens is 4. The van der Waals surface area contributed by atoms with Crippen LogP contribution in [0.25, 0.3) is 11.3 Å². The molecule has 0 aliphatic carbocycles. The van der Waals surface area contributed by atoms with Crippen LogP contribution in [0.1, 0.15) is 42.5 Å². The second-order valence-electron chi connectivity index (χ2n) is 11.6. The molecular weight excluding hydrogens is 539 g/mol. The van der Waals surface area contributed by atoms with Crippen LogP contribution in [0.3, 0.4) is 0 Å². The van der Waals surface area contributed by atoms with Gasteiger partial charge in [0.05, 0.1) is 22.9 Å². The van der Waals surface area contributed by atoms with E-state index in [4.69, 9.17) is 21.6 Å². The zero-order valence-corrected chi connectivity index (χ0v) is 25.0. The summed E-state index contributed by atoms with van der Waals surface area (Å²) in [5.41, 5.74) is 0.697. The van der Waals surface area contributed by atoms with Gasteiger partial charge in [0.15, 0.2) is 5.69 Å². The first kappa shape index (κ1) is 30.5. The molecule has 3 aromatic rings. The van der Waals surface area contributed by atoms with E-state index in [0.717, 1.165) is 6.04 Å². The average Bonchev–Trinajstić information content (AvgIpc) is 3.42. The number of nitriles is 1. The highest BCUT2D eigenvalue weighted by Crippen LogP contribution is 2.27. The summed E-state index contributed by atoms with van der Waals surface area (Å²) >= 11 is 6.02. The number of amides is 1. The van der Waals surface area contributed by atoms with Crippen molar-refractivity contribution in [1.29, 1.82) is 5.26 Å².